The minimum absolute atomic E-state index is 0.0243. The first-order valence-corrected chi connectivity index (χ1v) is 8.07. The molecule has 0 saturated carbocycles. The number of hydrogen-bond donors (Lipinski definition) is 4. The highest BCUT2D eigenvalue weighted by Crippen LogP contribution is 2.23. The van der Waals surface area contributed by atoms with Gasteiger partial charge in [-0.2, -0.15) is 0 Å². The van der Waals surface area contributed by atoms with Crippen molar-refractivity contribution in [2.45, 2.75) is 12.5 Å². The van der Waals surface area contributed by atoms with Gasteiger partial charge in [0.15, 0.2) is 11.7 Å². The number of hydrogen-bond acceptors (Lipinski definition) is 6. The molecule has 8 heteroatoms. The van der Waals surface area contributed by atoms with Gasteiger partial charge in [-0.05, 0) is 36.4 Å². The molecule has 1 aromatic heterocycles. The molecule has 1 atom stereocenters. The van der Waals surface area contributed by atoms with E-state index in [-0.39, 0.29) is 29.3 Å². The van der Waals surface area contributed by atoms with Gasteiger partial charge in [0.1, 0.15) is 5.75 Å². The SMILES string of the molecule is N[C@@H](Cc1ncc(-c2ccc(O)cc2)o1)C(=O)Nc1ccccc1C(=O)O. The normalized spacial score (nSPS) is 11.7. The van der Waals surface area contributed by atoms with Gasteiger partial charge in [-0.25, -0.2) is 9.78 Å². The van der Waals surface area contributed by atoms with Crippen LogP contribution in [-0.4, -0.2) is 33.1 Å². The molecule has 0 aliphatic heterocycles. The van der Waals surface area contributed by atoms with Crippen LogP contribution in [0.4, 0.5) is 5.69 Å². The summed E-state index contributed by atoms with van der Waals surface area (Å²) in [5, 5.41) is 21.0. The zero-order valence-electron chi connectivity index (χ0n) is 14.1. The molecule has 0 fully saturated rings. The van der Waals surface area contributed by atoms with Crippen LogP contribution in [-0.2, 0) is 11.2 Å². The zero-order chi connectivity index (χ0) is 19.4. The van der Waals surface area contributed by atoms with Gasteiger partial charge in [-0.3, -0.25) is 4.79 Å². The fourth-order valence-corrected chi connectivity index (χ4v) is 2.45. The maximum absolute atomic E-state index is 12.3. The largest absolute Gasteiger partial charge is 0.508 e. The summed E-state index contributed by atoms with van der Waals surface area (Å²) in [4.78, 5) is 27.6. The highest BCUT2D eigenvalue weighted by atomic mass is 16.4. The monoisotopic (exact) mass is 367 g/mol. The Morgan fingerprint density at radius 2 is 1.85 bits per heavy atom. The number of benzene rings is 2. The summed E-state index contributed by atoms with van der Waals surface area (Å²) in [6.45, 7) is 0. The second-order valence-corrected chi connectivity index (χ2v) is 5.82. The van der Waals surface area contributed by atoms with Crippen molar-refractivity contribution in [3.63, 3.8) is 0 Å². The molecule has 0 bridgehead atoms. The number of rotatable bonds is 6. The lowest BCUT2D eigenvalue weighted by molar-refractivity contribution is -0.117. The average Bonchev–Trinajstić information content (AvgIpc) is 3.11. The Morgan fingerprint density at radius 3 is 2.56 bits per heavy atom. The number of carbonyl (C=O) groups excluding carboxylic acids is 1. The van der Waals surface area contributed by atoms with E-state index < -0.39 is 17.9 Å². The second kappa shape index (κ2) is 7.71. The van der Waals surface area contributed by atoms with Crippen LogP contribution >= 0.6 is 0 Å². The molecule has 1 amide bonds. The summed E-state index contributed by atoms with van der Waals surface area (Å²) in [6, 6.07) is 11.5. The molecule has 0 aliphatic rings. The van der Waals surface area contributed by atoms with Crippen LogP contribution in [0.25, 0.3) is 11.3 Å². The van der Waals surface area contributed by atoms with Crippen molar-refractivity contribution in [3.05, 3.63) is 66.2 Å². The lowest BCUT2D eigenvalue weighted by Gasteiger charge is -2.12. The lowest BCUT2D eigenvalue weighted by atomic mass is 10.1. The number of para-hydroxylation sites is 1. The van der Waals surface area contributed by atoms with E-state index >= 15 is 0 Å². The van der Waals surface area contributed by atoms with E-state index in [9.17, 15) is 14.7 Å². The van der Waals surface area contributed by atoms with E-state index in [0.717, 1.165) is 5.56 Å². The molecule has 0 saturated heterocycles. The number of aromatic nitrogens is 1. The number of carboxylic acids is 1. The predicted octanol–water partition coefficient (Wildman–Crippen LogP) is 2.25. The number of anilines is 1. The molecule has 8 nitrogen and oxygen atoms in total. The minimum atomic E-state index is -1.15. The molecule has 27 heavy (non-hydrogen) atoms. The summed E-state index contributed by atoms with van der Waals surface area (Å²) in [6.07, 6.45) is 1.55. The Hall–Kier alpha value is -3.65. The molecule has 2 aromatic carbocycles. The van der Waals surface area contributed by atoms with Crippen molar-refractivity contribution < 1.29 is 24.2 Å². The van der Waals surface area contributed by atoms with Crippen LogP contribution in [0, 0.1) is 0 Å². The molecule has 3 aromatic rings. The number of phenolic OH excluding ortho intramolecular Hbond substituents is 1. The minimum Gasteiger partial charge on any atom is -0.508 e. The van der Waals surface area contributed by atoms with Gasteiger partial charge in [0.05, 0.1) is 23.5 Å². The smallest absolute Gasteiger partial charge is 0.337 e. The summed E-state index contributed by atoms with van der Waals surface area (Å²) < 4.78 is 5.60. The van der Waals surface area contributed by atoms with Gasteiger partial charge in [0.25, 0.3) is 0 Å². The van der Waals surface area contributed by atoms with Crippen LogP contribution in [0.15, 0.2) is 59.1 Å². The number of aromatic carboxylic acids is 1. The summed E-state index contributed by atoms with van der Waals surface area (Å²) in [5.41, 5.74) is 6.77. The van der Waals surface area contributed by atoms with Crippen LogP contribution in [0.1, 0.15) is 16.2 Å². The number of carboxylic acid groups (broad SMARTS) is 1. The molecule has 0 radical (unpaired) electrons. The first-order valence-electron chi connectivity index (χ1n) is 8.07. The van der Waals surface area contributed by atoms with E-state index in [4.69, 9.17) is 15.3 Å². The second-order valence-electron chi connectivity index (χ2n) is 5.82. The van der Waals surface area contributed by atoms with Crippen molar-refractivity contribution in [1.82, 2.24) is 4.98 Å². The molecule has 138 valence electrons. The van der Waals surface area contributed by atoms with E-state index in [1.807, 2.05) is 0 Å². The lowest BCUT2D eigenvalue weighted by Crippen LogP contribution is -2.37. The molecule has 5 N–H and O–H groups in total. The molecule has 3 rings (SSSR count). The predicted molar refractivity (Wildman–Crippen MR) is 97.3 cm³/mol. The molecule has 0 aliphatic carbocycles. The molecular weight excluding hydrogens is 350 g/mol. The topological polar surface area (TPSA) is 139 Å². The summed E-state index contributed by atoms with van der Waals surface area (Å²) in [7, 11) is 0. The number of amides is 1. The Morgan fingerprint density at radius 1 is 1.15 bits per heavy atom. The van der Waals surface area contributed by atoms with Crippen molar-refractivity contribution in [2.24, 2.45) is 5.73 Å². The van der Waals surface area contributed by atoms with Crippen LogP contribution < -0.4 is 11.1 Å². The third-order valence-electron chi connectivity index (χ3n) is 3.85. The number of phenols is 1. The molecule has 0 spiro atoms. The fraction of sp³-hybridized carbons (Fsp3) is 0.105. The highest BCUT2D eigenvalue weighted by Gasteiger charge is 2.20. The van der Waals surface area contributed by atoms with Gasteiger partial charge in [0.2, 0.25) is 5.91 Å². The zero-order valence-corrected chi connectivity index (χ0v) is 14.1. The number of nitrogens with one attached hydrogen (secondary N) is 1. The van der Waals surface area contributed by atoms with Crippen molar-refractivity contribution in [1.29, 1.82) is 0 Å². The van der Waals surface area contributed by atoms with Crippen LogP contribution in [0.3, 0.4) is 0 Å². The van der Waals surface area contributed by atoms with Crippen molar-refractivity contribution in [2.75, 3.05) is 5.32 Å². The van der Waals surface area contributed by atoms with Gasteiger partial charge in [0, 0.05) is 12.0 Å². The quantitative estimate of drug-likeness (QED) is 0.524. The summed E-state index contributed by atoms with van der Waals surface area (Å²) in [5.74, 6) is -0.807. The first-order chi connectivity index (χ1) is 12.9. The number of oxazole rings is 1. The molecule has 1 heterocycles. The third kappa shape index (κ3) is 4.31. The number of carbonyl (C=O) groups is 2. The van der Waals surface area contributed by atoms with E-state index in [2.05, 4.69) is 10.3 Å². The van der Waals surface area contributed by atoms with Crippen molar-refractivity contribution in [3.8, 4) is 17.1 Å². The summed E-state index contributed by atoms with van der Waals surface area (Å²) >= 11 is 0. The standard InChI is InChI=1S/C19H17N3O5/c20-14(18(24)22-15-4-2-1-3-13(15)19(25)26)9-17-21-10-16(27-17)11-5-7-12(23)8-6-11/h1-8,10,14,23H,9,20H2,(H,22,24)(H,25,26)/t14-/m0/s1. The van der Waals surface area contributed by atoms with E-state index in [1.54, 1.807) is 24.3 Å². The Labute approximate surface area is 154 Å². The highest BCUT2D eigenvalue weighted by molar-refractivity contribution is 6.02. The number of nitrogens with zero attached hydrogens (tertiary/aromatic N) is 1. The van der Waals surface area contributed by atoms with Gasteiger partial charge in [-0.15, -0.1) is 0 Å². The van der Waals surface area contributed by atoms with Crippen molar-refractivity contribution >= 4 is 17.6 Å². The number of nitrogens with two attached hydrogens (primary N) is 1. The average molecular weight is 367 g/mol. The van der Waals surface area contributed by atoms with E-state index in [0.29, 0.717) is 5.76 Å². The molecule has 0 unspecified atom stereocenters. The Kier molecular flexibility index (Phi) is 5.18. The molecular formula is C19H17N3O5. The fourth-order valence-electron chi connectivity index (χ4n) is 2.45. The first kappa shape index (κ1) is 18.2. The Balaban J connectivity index is 1.67. The van der Waals surface area contributed by atoms with Gasteiger partial charge < -0.3 is 25.7 Å². The maximum atomic E-state index is 12.3. The third-order valence-corrected chi connectivity index (χ3v) is 3.85. The van der Waals surface area contributed by atoms with Crippen LogP contribution in [0.2, 0.25) is 0 Å². The Bertz CT molecular complexity index is 965. The maximum Gasteiger partial charge on any atom is 0.337 e. The van der Waals surface area contributed by atoms with Gasteiger partial charge >= 0.3 is 5.97 Å². The van der Waals surface area contributed by atoms with Gasteiger partial charge in [-0.1, -0.05) is 12.1 Å². The number of aromatic hydroxyl groups is 1. The van der Waals surface area contributed by atoms with Crippen LogP contribution in [0.5, 0.6) is 5.75 Å². The van der Waals surface area contributed by atoms with E-state index in [1.165, 1.54) is 30.5 Å².